The molecule has 3 N–H and O–H groups in total. The molecular formula is C14H20N2O2. The molecule has 1 aromatic carbocycles. The topological polar surface area (TPSA) is 64.4 Å². The molecule has 1 heterocycles. The van der Waals surface area contributed by atoms with Gasteiger partial charge in [-0.15, -0.1) is 0 Å². The maximum Gasteiger partial charge on any atom is 0.220 e. The highest BCUT2D eigenvalue weighted by atomic mass is 16.5. The predicted octanol–water partition coefficient (Wildman–Crippen LogP) is 1.41. The molecule has 1 amide bonds. The van der Waals surface area contributed by atoms with Crippen LogP contribution in [0.3, 0.4) is 0 Å². The first-order chi connectivity index (χ1) is 8.81. The molecule has 2 rings (SSSR count). The van der Waals surface area contributed by atoms with Crippen LogP contribution < -0.4 is 15.8 Å². The highest BCUT2D eigenvalue weighted by molar-refractivity contribution is 5.75. The molecule has 4 nitrogen and oxygen atoms in total. The molecule has 0 aromatic heterocycles. The number of nitrogens with one attached hydrogen (secondary N) is 1. The summed E-state index contributed by atoms with van der Waals surface area (Å²) in [5.41, 5.74) is 6.58. The Balaban J connectivity index is 1.89. The monoisotopic (exact) mass is 248 g/mol. The molecule has 98 valence electrons. The maximum absolute atomic E-state index is 11.6. The number of nitrogens with two attached hydrogens (primary N) is 1. The number of ether oxygens (including phenoxy) is 1. The van der Waals surface area contributed by atoms with Gasteiger partial charge in [0.2, 0.25) is 5.91 Å². The van der Waals surface area contributed by atoms with Crippen LogP contribution in [0.1, 0.15) is 30.7 Å². The van der Waals surface area contributed by atoms with Gasteiger partial charge in [-0.25, -0.2) is 0 Å². The average Bonchev–Trinajstić information content (AvgIpc) is 2.42. The van der Waals surface area contributed by atoms with Crippen molar-refractivity contribution in [2.24, 2.45) is 5.73 Å². The van der Waals surface area contributed by atoms with Gasteiger partial charge in [-0.3, -0.25) is 4.79 Å². The van der Waals surface area contributed by atoms with Crippen molar-refractivity contribution in [3.8, 4) is 5.75 Å². The summed E-state index contributed by atoms with van der Waals surface area (Å²) in [5.74, 6) is 1.39. The largest absolute Gasteiger partial charge is 0.493 e. The van der Waals surface area contributed by atoms with Crippen LogP contribution in [0.25, 0.3) is 0 Å². The van der Waals surface area contributed by atoms with E-state index in [4.69, 9.17) is 10.5 Å². The van der Waals surface area contributed by atoms with E-state index in [-0.39, 0.29) is 5.91 Å². The summed E-state index contributed by atoms with van der Waals surface area (Å²) < 4.78 is 5.60. The van der Waals surface area contributed by atoms with Gasteiger partial charge in [0.25, 0.3) is 0 Å². The van der Waals surface area contributed by atoms with Crippen molar-refractivity contribution in [3.05, 3.63) is 29.8 Å². The minimum absolute atomic E-state index is 0.0874. The summed E-state index contributed by atoms with van der Waals surface area (Å²) in [6.07, 6.45) is 2.21. The molecule has 0 spiro atoms. The molecule has 0 saturated heterocycles. The quantitative estimate of drug-likeness (QED) is 0.828. The van der Waals surface area contributed by atoms with Gasteiger partial charge in [-0.05, 0) is 31.0 Å². The lowest BCUT2D eigenvalue weighted by Crippen LogP contribution is -2.30. The third-order valence-corrected chi connectivity index (χ3v) is 3.24. The van der Waals surface area contributed by atoms with E-state index in [1.54, 1.807) is 0 Å². The number of para-hydroxylation sites is 1. The van der Waals surface area contributed by atoms with Crippen LogP contribution in [-0.2, 0) is 4.79 Å². The fraction of sp³-hybridized carbons (Fsp3) is 0.500. The molecule has 1 aliphatic heterocycles. The molecule has 0 saturated carbocycles. The first-order valence-corrected chi connectivity index (χ1v) is 6.49. The zero-order chi connectivity index (χ0) is 12.8. The number of carbonyl (C=O) groups excluding carboxylic acids is 1. The average molecular weight is 248 g/mol. The lowest BCUT2D eigenvalue weighted by atomic mass is 9.93. The highest BCUT2D eigenvalue weighted by Crippen LogP contribution is 2.32. The van der Waals surface area contributed by atoms with Crippen LogP contribution in [0.2, 0.25) is 0 Å². The summed E-state index contributed by atoms with van der Waals surface area (Å²) in [6.45, 7) is 1.97. The van der Waals surface area contributed by atoms with E-state index < -0.39 is 0 Å². The summed E-state index contributed by atoms with van der Waals surface area (Å²) in [6, 6.07) is 8.04. The zero-order valence-corrected chi connectivity index (χ0v) is 10.5. The summed E-state index contributed by atoms with van der Waals surface area (Å²) in [4.78, 5) is 11.6. The molecule has 1 unspecified atom stereocenters. The van der Waals surface area contributed by atoms with Crippen molar-refractivity contribution in [2.45, 2.75) is 25.2 Å². The fourth-order valence-electron chi connectivity index (χ4n) is 2.22. The Labute approximate surface area is 108 Å². The number of carbonyl (C=O) groups is 1. The second-order valence-electron chi connectivity index (χ2n) is 4.57. The number of rotatable bonds is 5. The highest BCUT2D eigenvalue weighted by Gasteiger charge is 2.21. The van der Waals surface area contributed by atoms with Crippen LogP contribution in [0, 0.1) is 0 Å². The molecule has 1 aliphatic rings. The van der Waals surface area contributed by atoms with Gasteiger partial charge in [0, 0.05) is 18.9 Å². The summed E-state index contributed by atoms with van der Waals surface area (Å²) in [5, 5.41) is 2.98. The Morgan fingerprint density at radius 2 is 2.28 bits per heavy atom. The smallest absolute Gasteiger partial charge is 0.220 e. The Hall–Kier alpha value is -1.55. The van der Waals surface area contributed by atoms with Crippen molar-refractivity contribution >= 4 is 5.91 Å². The van der Waals surface area contributed by atoms with E-state index in [0.717, 1.165) is 25.2 Å². The lowest BCUT2D eigenvalue weighted by molar-refractivity contribution is -0.121. The van der Waals surface area contributed by atoms with E-state index >= 15 is 0 Å². The molecule has 0 aliphatic carbocycles. The van der Waals surface area contributed by atoms with Gasteiger partial charge < -0.3 is 15.8 Å². The van der Waals surface area contributed by atoms with Gasteiger partial charge >= 0.3 is 0 Å². The molecule has 0 radical (unpaired) electrons. The van der Waals surface area contributed by atoms with E-state index in [0.29, 0.717) is 25.4 Å². The molecule has 18 heavy (non-hydrogen) atoms. The van der Waals surface area contributed by atoms with Gasteiger partial charge in [0.1, 0.15) is 5.75 Å². The van der Waals surface area contributed by atoms with E-state index in [1.165, 1.54) is 5.56 Å². The lowest BCUT2D eigenvalue weighted by Gasteiger charge is -2.26. The number of amides is 1. The van der Waals surface area contributed by atoms with Gasteiger partial charge in [-0.2, -0.15) is 0 Å². The predicted molar refractivity (Wildman–Crippen MR) is 70.6 cm³/mol. The molecule has 0 bridgehead atoms. The van der Waals surface area contributed by atoms with Crippen molar-refractivity contribution in [1.82, 2.24) is 5.32 Å². The minimum Gasteiger partial charge on any atom is -0.493 e. The van der Waals surface area contributed by atoms with Crippen molar-refractivity contribution in [3.63, 3.8) is 0 Å². The van der Waals surface area contributed by atoms with E-state index in [2.05, 4.69) is 11.4 Å². The Kier molecular flexibility index (Phi) is 4.59. The standard InChI is InChI=1S/C14H20N2O2/c15-8-3-6-14(17)16-10-11-7-9-18-13-5-2-1-4-12(11)13/h1-2,4-5,11H,3,6-10,15H2,(H,16,17). The van der Waals surface area contributed by atoms with Crippen molar-refractivity contribution in [1.29, 1.82) is 0 Å². The number of hydrogen-bond donors (Lipinski definition) is 2. The number of hydrogen-bond acceptors (Lipinski definition) is 3. The minimum atomic E-state index is 0.0874. The SMILES string of the molecule is NCCCC(=O)NCC1CCOc2ccccc21. The van der Waals surface area contributed by atoms with Crippen LogP contribution in [0.5, 0.6) is 5.75 Å². The van der Waals surface area contributed by atoms with Gasteiger partial charge in [0.05, 0.1) is 6.61 Å². The van der Waals surface area contributed by atoms with Crippen LogP contribution in [0.15, 0.2) is 24.3 Å². The summed E-state index contributed by atoms with van der Waals surface area (Å²) >= 11 is 0. The van der Waals surface area contributed by atoms with Crippen molar-refractivity contribution in [2.75, 3.05) is 19.7 Å². The Bertz CT molecular complexity index is 407. The van der Waals surface area contributed by atoms with Crippen LogP contribution in [-0.4, -0.2) is 25.6 Å². The fourth-order valence-corrected chi connectivity index (χ4v) is 2.22. The van der Waals surface area contributed by atoms with E-state index in [9.17, 15) is 4.79 Å². The first kappa shape index (κ1) is 12.9. The second-order valence-corrected chi connectivity index (χ2v) is 4.57. The molecular weight excluding hydrogens is 228 g/mol. The van der Waals surface area contributed by atoms with Crippen molar-refractivity contribution < 1.29 is 9.53 Å². The third-order valence-electron chi connectivity index (χ3n) is 3.24. The Morgan fingerprint density at radius 3 is 3.11 bits per heavy atom. The van der Waals surface area contributed by atoms with Crippen LogP contribution >= 0.6 is 0 Å². The number of benzene rings is 1. The first-order valence-electron chi connectivity index (χ1n) is 6.49. The summed E-state index contributed by atoms with van der Waals surface area (Å²) in [7, 11) is 0. The molecule has 4 heteroatoms. The maximum atomic E-state index is 11.6. The normalized spacial score (nSPS) is 17.7. The third kappa shape index (κ3) is 3.23. The molecule has 0 fully saturated rings. The Morgan fingerprint density at radius 1 is 1.44 bits per heavy atom. The molecule has 1 atom stereocenters. The second kappa shape index (κ2) is 6.40. The van der Waals surface area contributed by atoms with Gasteiger partial charge in [-0.1, -0.05) is 18.2 Å². The van der Waals surface area contributed by atoms with E-state index in [1.807, 2.05) is 18.2 Å². The zero-order valence-electron chi connectivity index (χ0n) is 10.5. The molecule has 1 aromatic rings. The number of fused-ring (bicyclic) bond motifs is 1. The van der Waals surface area contributed by atoms with Gasteiger partial charge in [0.15, 0.2) is 0 Å². The van der Waals surface area contributed by atoms with Crippen LogP contribution in [0.4, 0.5) is 0 Å².